The van der Waals surface area contributed by atoms with Gasteiger partial charge in [0, 0.05) is 17.8 Å². The number of esters is 1. The van der Waals surface area contributed by atoms with Crippen molar-refractivity contribution in [1.29, 1.82) is 0 Å². The molecular formula is C23H31IO3. The molecule has 0 aromatic carbocycles. The lowest BCUT2D eigenvalue weighted by Gasteiger charge is -2.58. The number of alkyl halides is 1. The molecule has 5 aliphatic rings. The van der Waals surface area contributed by atoms with Crippen LogP contribution in [0.25, 0.3) is 0 Å². The molecule has 27 heavy (non-hydrogen) atoms. The number of hydrogen-bond acceptors (Lipinski definition) is 3. The van der Waals surface area contributed by atoms with E-state index in [-0.39, 0.29) is 17.0 Å². The van der Waals surface area contributed by atoms with E-state index >= 15 is 0 Å². The van der Waals surface area contributed by atoms with Crippen LogP contribution in [0.5, 0.6) is 0 Å². The summed E-state index contributed by atoms with van der Waals surface area (Å²) < 4.78 is 6.71. The molecule has 5 rings (SSSR count). The molecular weight excluding hydrogens is 451 g/mol. The summed E-state index contributed by atoms with van der Waals surface area (Å²) in [7, 11) is 0. The second-order valence-electron chi connectivity index (χ2n) is 9.99. The molecule has 0 aliphatic heterocycles. The molecule has 0 saturated heterocycles. The Bertz CT molecular complexity index is 714. The number of rotatable bonds is 3. The van der Waals surface area contributed by atoms with Gasteiger partial charge >= 0.3 is 5.97 Å². The molecule has 4 saturated carbocycles. The molecule has 7 unspecified atom stereocenters. The van der Waals surface area contributed by atoms with Crippen LogP contribution in [-0.4, -0.2) is 21.8 Å². The standard InChI is InChI=1S/C23H31IO3/c1-3-23-9-8-16-15-7-5-14(25)10-13(15)4-6-17(16)21(23)18-11-19(18)22(23,2)27-20(26)12-24/h10,15-19,21H,3-9,11-12H2,1-2H3/t15?,16?,17?,18?,19?,21?,22-,23?/m0/s1. The Kier molecular flexibility index (Phi) is 4.35. The van der Waals surface area contributed by atoms with Gasteiger partial charge in [0.05, 0.1) is 4.43 Å². The van der Waals surface area contributed by atoms with Crippen LogP contribution in [0.2, 0.25) is 0 Å². The molecule has 4 heteroatoms. The highest BCUT2D eigenvalue weighted by atomic mass is 127. The van der Waals surface area contributed by atoms with Crippen LogP contribution in [0.3, 0.4) is 0 Å². The summed E-state index contributed by atoms with van der Waals surface area (Å²) in [6.07, 6.45) is 11.0. The Hall–Kier alpha value is -0.390. The monoisotopic (exact) mass is 482 g/mol. The molecule has 0 aromatic heterocycles. The van der Waals surface area contributed by atoms with Crippen molar-refractivity contribution in [2.45, 2.75) is 70.8 Å². The molecule has 5 aliphatic carbocycles. The van der Waals surface area contributed by atoms with E-state index in [9.17, 15) is 9.59 Å². The molecule has 0 bridgehead atoms. The van der Waals surface area contributed by atoms with Gasteiger partial charge in [0.1, 0.15) is 5.60 Å². The maximum absolute atomic E-state index is 12.3. The Labute approximate surface area is 176 Å². The van der Waals surface area contributed by atoms with Crippen LogP contribution in [0.4, 0.5) is 0 Å². The second-order valence-corrected chi connectivity index (χ2v) is 10.8. The number of allylic oxidation sites excluding steroid dienone is 1. The van der Waals surface area contributed by atoms with E-state index in [1.165, 1.54) is 31.3 Å². The average Bonchev–Trinajstić information content (AvgIpc) is 3.43. The van der Waals surface area contributed by atoms with E-state index < -0.39 is 0 Å². The first-order valence-corrected chi connectivity index (χ1v) is 12.5. The first-order valence-electron chi connectivity index (χ1n) is 11.0. The summed E-state index contributed by atoms with van der Waals surface area (Å²) in [5, 5.41) is 0. The fourth-order valence-corrected chi connectivity index (χ4v) is 8.60. The Morgan fingerprint density at radius 3 is 2.78 bits per heavy atom. The first-order chi connectivity index (χ1) is 12.9. The van der Waals surface area contributed by atoms with Crippen LogP contribution in [0, 0.1) is 40.9 Å². The number of carbonyl (C=O) groups excluding carboxylic acids is 2. The smallest absolute Gasteiger partial charge is 0.316 e. The summed E-state index contributed by atoms with van der Waals surface area (Å²) in [5.74, 6) is 4.56. The first kappa shape index (κ1) is 18.6. The average molecular weight is 482 g/mol. The van der Waals surface area contributed by atoms with Crippen molar-refractivity contribution < 1.29 is 14.3 Å². The molecule has 0 heterocycles. The maximum Gasteiger partial charge on any atom is 0.316 e. The molecule has 4 fully saturated rings. The molecule has 3 nitrogen and oxygen atoms in total. The van der Waals surface area contributed by atoms with Gasteiger partial charge < -0.3 is 4.74 Å². The van der Waals surface area contributed by atoms with Gasteiger partial charge in [0.15, 0.2) is 5.78 Å². The van der Waals surface area contributed by atoms with Crippen molar-refractivity contribution >= 4 is 34.3 Å². The second kappa shape index (κ2) is 6.30. The van der Waals surface area contributed by atoms with Gasteiger partial charge in [-0.05, 0) is 87.5 Å². The lowest BCUT2D eigenvalue weighted by Crippen LogP contribution is -2.56. The van der Waals surface area contributed by atoms with E-state index in [4.69, 9.17) is 4.74 Å². The van der Waals surface area contributed by atoms with Crippen molar-refractivity contribution in [2.24, 2.45) is 40.9 Å². The zero-order valence-electron chi connectivity index (χ0n) is 16.5. The van der Waals surface area contributed by atoms with Gasteiger partial charge in [-0.3, -0.25) is 9.59 Å². The van der Waals surface area contributed by atoms with Crippen LogP contribution < -0.4 is 0 Å². The van der Waals surface area contributed by atoms with E-state index in [0.29, 0.717) is 22.0 Å². The number of ketones is 1. The zero-order valence-corrected chi connectivity index (χ0v) is 18.7. The van der Waals surface area contributed by atoms with E-state index in [2.05, 4.69) is 36.4 Å². The van der Waals surface area contributed by atoms with E-state index in [1.54, 1.807) is 0 Å². The third-order valence-electron chi connectivity index (χ3n) is 9.44. The van der Waals surface area contributed by atoms with Gasteiger partial charge in [-0.15, -0.1) is 0 Å². The molecule has 0 amide bonds. The Balaban J connectivity index is 1.49. The Morgan fingerprint density at radius 1 is 1.22 bits per heavy atom. The van der Waals surface area contributed by atoms with Crippen molar-refractivity contribution in [2.75, 3.05) is 4.43 Å². The fraction of sp³-hybridized carbons (Fsp3) is 0.826. The minimum atomic E-state index is -0.261. The largest absolute Gasteiger partial charge is 0.458 e. The maximum atomic E-state index is 12.3. The van der Waals surface area contributed by atoms with Gasteiger partial charge in [-0.2, -0.15) is 0 Å². The minimum absolute atomic E-state index is 0.0287. The number of hydrogen-bond donors (Lipinski definition) is 0. The molecule has 0 aromatic rings. The topological polar surface area (TPSA) is 43.4 Å². The van der Waals surface area contributed by atoms with Crippen molar-refractivity contribution in [3.8, 4) is 0 Å². The van der Waals surface area contributed by atoms with Crippen molar-refractivity contribution in [3.05, 3.63) is 11.6 Å². The summed E-state index contributed by atoms with van der Waals surface area (Å²) >= 11 is 2.14. The third-order valence-corrected chi connectivity index (χ3v) is 10.1. The normalized spacial score (nSPS) is 50.0. The highest BCUT2D eigenvalue weighted by Crippen LogP contribution is 2.77. The summed E-state index contributed by atoms with van der Waals surface area (Å²) in [6.45, 7) is 4.61. The molecule has 148 valence electrons. The highest BCUT2D eigenvalue weighted by molar-refractivity contribution is 14.1. The Morgan fingerprint density at radius 2 is 2.04 bits per heavy atom. The fourth-order valence-electron chi connectivity index (χ4n) is 8.45. The SMILES string of the molecule is CCC12CCC3C4CCC(=O)C=C4CCC3C1C1CC1[C@]2(C)OC(=O)CI. The van der Waals surface area contributed by atoms with Crippen molar-refractivity contribution in [3.63, 3.8) is 0 Å². The lowest BCUT2D eigenvalue weighted by atomic mass is 9.48. The quantitative estimate of drug-likeness (QED) is 0.319. The predicted octanol–water partition coefficient (Wildman–Crippen LogP) is 5.11. The molecule has 0 radical (unpaired) electrons. The van der Waals surface area contributed by atoms with Gasteiger partial charge in [0.25, 0.3) is 0 Å². The van der Waals surface area contributed by atoms with Crippen LogP contribution in [-0.2, 0) is 14.3 Å². The molecule has 8 atom stereocenters. The van der Waals surface area contributed by atoms with Crippen LogP contribution in [0.15, 0.2) is 11.6 Å². The minimum Gasteiger partial charge on any atom is -0.458 e. The number of carbonyl (C=O) groups is 2. The van der Waals surface area contributed by atoms with Gasteiger partial charge in [-0.1, -0.05) is 35.1 Å². The summed E-state index contributed by atoms with van der Waals surface area (Å²) in [6, 6.07) is 0. The van der Waals surface area contributed by atoms with Crippen molar-refractivity contribution in [1.82, 2.24) is 0 Å². The van der Waals surface area contributed by atoms with Gasteiger partial charge in [0.2, 0.25) is 0 Å². The van der Waals surface area contributed by atoms with Crippen LogP contribution >= 0.6 is 22.6 Å². The zero-order chi connectivity index (χ0) is 19.0. The van der Waals surface area contributed by atoms with E-state index in [0.717, 1.165) is 49.4 Å². The molecule has 0 N–H and O–H groups in total. The lowest BCUT2D eigenvalue weighted by molar-refractivity contribution is -0.188. The molecule has 0 spiro atoms. The summed E-state index contributed by atoms with van der Waals surface area (Å²) in [5.41, 5.74) is 1.37. The number of fused-ring (bicyclic) bond motifs is 7. The van der Waals surface area contributed by atoms with E-state index in [1.807, 2.05) is 6.08 Å². The summed E-state index contributed by atoms with van der Waals surface area (Å²) in [4.78, 5) is 24.2. The van der Waals surface area contributed by atoms with Crippen LogP contribution in [0.1, 0.15) is 65.2 Å². The predicted molar refractivity (Wildman–Crippen MR) is 112 cm³/mol. The van der Waals surface area contributed by atoms with Gasteiger partial charge in [-0.25, -0.2) is 0 Å². The number of halogens is 1. The third kappa shape index (κ3) is 2.43. The number of ether oxygens (including phenoxy) is 1. The highest BCUT2D eigenvalue weighted by Gasteiger charge is 2.77.